The highest BCUT2D eigenvalue weighted by Crippen LogP contribution is 2.39. The van der Waals surface area contributed by atoms with Crippen molar-refractivity contribution in [3.63, 3.8) is 0 Å². The largest absolute Gasteiger partial charge is 0.491 e. The molecule has 0 saturated carbocycles. The molecule has 0 radical (unpaired) electrons. The molecule has 0 aromatic heterocycles. The van der Waals surface area contributed by atoms with E-state index in [1.54, 1.807) is 0 Å². The molecule has 24 heavy (non-hydrogen) atoms. The number of anilines is 1. The summed E-state index contributed by atoms with van der Waals surface area (Å²) in [6, 6.07) is 4.07. The molecule has 134 valence electrons. The Morgan fingerprint density at radius 3 is 2.58 bits per heavy atom. The highest BCUT2D eigenvalue weighted by Gasteiger charge is 2.21. The van der Waals surface area contributed by atoms with Crippen LogP contribution in [0.1, 0.15) is 24.8 Å². The molecule has 2 aliphatic heterocycles. The Balaban J connectivity index is 1.64. The first-order valence-corrected chi connectivity index (χ1v) is 9.59. The lowest BCUT2D eigenvalue weighted by atomic mass is 9.94. The standard InChI is InChI=1S/C19H30ClN3O/c1-15-3-4-17(20)18(23-12-8-21-9-13-23)19(15)24-14-7-16-5-10-22(2)11-6-16/h3-4,16,21H,5-14H2,1-2H3. The summed E-state index contributed by atoms with van der Waals surface area (Å²) in [5.41, 5.74) is 2.26. The highest BCUT2D eigenvalue weighted by atomic mass is 35.5. The molecular formula is C19H30ClN3O. The average molecular weight is 352 g/mol. The Kier molecular flexibility index (Phi) is 6.25. The molecule has 2 aliphatic rings. The second kappa shape index (κ2) is 8.41. The summed E-state index contributed by atoms with van der Waals surface area (Å²) in [4.78, 5) is 4.78. The number of rotatable bonds is 5. The van der Waals surface area contributed by atoms with E-state index in [-0.39, 0.29) is 0 Å². The number of piperidine rings is 1. The normalized spacial score (nSPS) is 20.4. The fourth-order valence-corrected chi connectivity index (χ4v) is 3.96. The molecule has 3 rings (SSSR count). The number of benzene rings is 1. The third-order valence-electron chi connectivity index (χ3n) is 5.32. The number of aryl methyl sites for hydroxylation is 1. The second-order valence-corrected chi connectivity index (χ2v) is 7.57. The Morgan fingerprint density at radius 2 is 1.88 bits per heavy atom. The van der Waals surface area contributed by atoms with Gasteiger partial charge in [-0.1, -0.05) is 17.7 Å². The minimum absolute atomic E-state index is 0.786. The minimum atomic E-state index is 0.786. The Morgan fingerprint density at radius 1 is 1.17 bits per heavy atom. The monoisotopic (exact) mass is 351 g/mol. The molecule has 0 aliphatic carbocycles. The van der Waals surface area contributed by atoms with Gasteiger partial charge in [0.05, 0.1) is 17.3 Å². The maximum atomic E-state index is 6.53. The van der Waals surface area contributed by atoms with E-state index in [9.17, 15) is 0 Å². The SMILES string of the molecule is Cc1ccc(Cl)c(N2CCNCC2)c1OCCC1CCN(C)CC1. The van der Waals surface area contributed by atoms with Gasteiger partial charge in [-0.3, -0.25) is 0 Å². The van der Waals surface area contributed by atoms with Crippen molar-refractivity contribution in [2.45, 2.75) is 26.2 Å². The van der Waals surface area contributed by atoms with Crippen LogP contribution < -0.4 is 15.0 Å². The van der Waals surface area contributed by atoms with Crippen molar-refractivity contribution in [2.75, 3.05) is 57.8 Å². The molecule has 1 aromatic rings. The molecule has 0 bridgehead atoms. The van der Waals surface area contributed by atoms with E-state index >= 15 is 0 Å². The van der Waals surface area contributed by atoms with Gasteiger partial charge in [0, 0.05) is 26.2 Å². The maximum Gasteiger partial charge on any atom is 0.147 e. The van der Waals surface area contributed by atoms with Crippen LogP contribution in [0, 0.1) is 12.8 Å². The van der Waals surface area contributed by atoms with E-state index in [1.165, 1.54) is 31.5 Å². The minimum Gasteiger partial charge on any atom is -0.491 e. The molecule has 0 atom stereocenters. The van der Waals surface area contributed by atoms with Crippen LogP contribution in [0.25, 0.3) is 0 Å². The Labute approximate surface area is 151 Å². The average Bonchev–Trinajstić information content (AvgIpc) is 2.60. The number of halogens is 1. The number of nitrogens with one attached hydrogen (secondary N) is 1. The number of nitrogens with zero attached hydrogens (tertiary/aromatic N) is 2. The van der Waals surface area contributed by atoms with Gasteiger partial charge in [-0.05, 0) is 63.9 Å². The van der Waals surface area contributed by atoms with Crippen molar-refractivity contribution in [3.05, 3.63) is 22.7 Å². The van der Waals surface area contributed by atoms with Gasteiger partial charge in [0.15, 0.2) is 0 Å². The summed E-state index contributed by atoms with van der Waals surface area (Å²) >= 11 is 6.53. The zero-order valence-electron chi connectivity index (χ0n) is 15.0. The van der Waals surface area contributed by atoms with Crippen LogP contribution in [0.5, 0.6) is 5.75 Å². The molecule has 1 N–H and O–H groups in total. The van der Waals surface area contributed by atoms with Crippen LogP contribution in [0.2, 0.25) is 5.02 Å². The summed E-state index contributed by atoms with van der Waals surface area (Å²) in [6.45, 7) is 9.29. The molecule has 0 amide bonds. The number of piperazine rings is 1. The number of hydrogen-bond donors (Lipinski definition) is 1. The lowest BCUT2D eigenvalue weighted by Crippen LogP contribution is -2.43. The first kappa shape index (κ1) is 17.8. The topological polar surface area (TPSA) is 27.7 Å². The van der Waals surface area contributed by atoms with E-state index in [0.717, 1.165) is 61.6 Å². The quantitative estimate of drug-likeness (QED) is 0.881. The third-order valence-corrected chi connectivity index (χ3v) is 5.63. The summed E-state index contributed by atoms with van der Waals surface area (Å²) in [7, 11) is 2.21. The van der Waals surface area contributed by atoms with Crippen molar-refractivity contribution in [3.8, 4) is 5.75 Å². The maximum absolute atomic E-state index is 6.53. The Bertz CT molecular complexity index is 538. The van der Waals surface area contributed by atoms with Gasteiger partial charge in [0.1, 0.15) is 5.75 Å². The molecule has 2 saturated heterocycles. The van der Waals surface area contributed by atoms with Crippen molar-refractivity contribution >= 4 is 17.3 Å². The predicted molar refractivity (Wildman–Crippen MR) is 102 cm³/mol. The molecule has 0 spiro atoms. The molecule has 5 heteroatoms. The van der Waals surface area contributed by atoms with Crippen molar-refractivity contribution < 1.29 is 4.74 Å². The van der Waals surface area contributed by atoms with Crippen molar-refractivity contribution in [1.29, 1.82) is 0 Å². The Hall–Kier alpha value is -0.970. The molecule has 0 unspecified atom stereocenters. The molecule has 2 heterocycles. The first-order valence-electron chi connectivity index (χ1n) is 9.21. The van der Waals surface area contributed by atoms with Crippen LogP contribution >= 0.6 is 11.6 Å². The molecular weight excluding hydrogens is 322 g/mol. The number of ether oxygens (including phenoxy) is 1. The van der Waals surface area contributed by atoms with Crippen LogP contribution in [0.3, 0.4) is 0 Å². The van der Waals surface area contributed by atoms with E-state index in [4.69, 9.17) is 16.3 Å². The van der Waals surface area contributed by atoms with E-state index in [2.05, 4.69) is 35.2 Å². The van der Waals surface area contributed by atoms with Gasteiger partial charge in [0.25, 0.3) is 0 Å². The lowest BCUT2D eigenvalue weighted by Gasteiger charge is -2.32. The molecule has 4 nitrogen and oxygen atoms in total. The summed E-state index contributed by atoms with van der Waals surface area (Å²) < 4.78 is 6.27. The highest BCUT2D eigenvalue weighted by molar-refractivity contribution is 6.33. The van der Waals surface area contributed by atoms with E-state index in [0.29, 0.717) is 0 Å². The smallest absolute Gasteiger partial charge is 0.147 e. The second-order valence-electron chi connectivity index (χ2n) is 7.16. The predicted octanol–water partition coefficient (Wildman–Crippen LogP) is 3.17. The van der Waals surface area contributed by atoms with Crippen LogP contribution in [0.4, 0.5) is 5.69 Å². The zero-order valence-corrected chi connectivity index (χ0v) is 15.7. The molecule has 1 aromatic carbocycles. The fourth-order valence-electron chi connectivity index (χ4n) is 3.69. The molecule has 2 fully saturated rings. The lowest BCUT2D eigenvalue weighted by molar-refractivity contribution is 0.187. The van der Waals surface area contributed by atoms with Crippen molar-refractivity contribution in [1.82, 2.24) is 10.2 Å². The summed E-state index contributed by atoms with van der Waals surface area (Å²) in [5.74, 6) is 1.78. The van der Waals surface area contributed by atoms with Gasteiger partial charge in [0.2, 0.25) is 0 Å². The number of likely N-dealkylation sites (tertiary alicyclic amines) is 1. The van der Waals surface area contributed by atoms with E-state index < -0.39 is 0 Å². The van der Waals surface area contributed by atoms with E-state index in [1.807, 2.05) is 6.07 Å². The van der Waals surface area contributed by atoms with Crippen molar-refractivity contribution in [2.24, 2.45) is 5.92 Å². The third kappa shape index (κ3) is 4.35. The summed E-state index contributed by atoms with van der Waals surface area (Å²) in [5, 5.41) is 4.20. The van der Waals surface area contributed by atoms with Crippen LogP contribution in [-0.4, -0.2) is 57.8 Å². The van der Waals surface area contributed by atoms with Gasteiger partial charge >= 0.3 is 0 Å². The van der Waals surface area contributed by atoms with Gasteiger partial charge in [-0.15, -0.1) is 0 Å². The fraction of sp³-hybridized carbons (Fsp3) is 0.684. The van der Waals surface area contributed by atoms with Gasteiger partial charge in [-0.25, -0.2) is 0 Å². The van der Waals surface area contributed by atoms with Gasteiger partial charge in [-0.2, -0.15) is 0 Å². The first-order chi connectivity index (χ1) is 11.6. The van der Waals surface area contributed by atoms with Crippen LogP contribution in [-0.2, 0) is 0 Å². The summed E-state index contributed by atoms with van der Waals surface area (Å²) in [6.07, 6.45) is 3.72. The number of hydrogen-bond acceptors (Lipinski definition) is 4. The van der Waals surface area contributed by atoms with Gasteiger partial charge < -0.3 is 19.9 Å². The van der Waals surface area contributed by atoms with Crippen LogP contribution in [0.15, 0.2) is 12.1 Å². The zero-order chi connectivity index (χ0) is 16.9.